The third kappa shape index (κ3) is 2.67. The van der Waals surface area contributed by atoms with Crippen molar-refractivity contribution in [3.63, 3.8) is 0 Å². The number of benzene rings is 1. The molecule has 2 heterocycles. The molecule has 0 radical (unpaired) electrons. The molecular weight excluding hydrogens is 264 g/mol. The van der Waals surface area contributed by atoms with Crippen LogP contribution in [0.5, 0.6) is 0 Å². The molecule has 1 aromatic carbocycles. The van der Waals surface area contributed by atoms with Crippen molar-refractivity contribution in [2.24, 2.45) is 0 Å². The Hall–Kier alpha value is -2.95. The van der Waals surface area contributed by atoms with Crippen molar-refractivity contribution in [2.45, 2.75) is 6.92 Å². The van der Waals surface area contributed by atoms with Crippen LogP contribution < -0.4 is 11.1 Å². The molecule has 0 aliphatic heterocycles. The van der Waals surface area contributed by atoms with Crippen molar-refractivity contribution in [2.75, 3.05) is 11.1 Å². The third-order valence-corrected chi connectivity index (χ3v) is 3.20. The number of nitrogen functional groups attached to an aromatic ring is 1. The lowest BCUT2D eigenvalue weighted by atomic mass is 10.1. The Balaban J connectivity index is 1.89. The van der Waals surface area contributed by atoms with Crippen molar-refractivity contribution >= 4 is 28.3 Å². The number of fused-ring (bicyclic) bond motifs is 1. The van der Waals surface area contributed by atoms with Gasteiger partial charge in [0.25, 0.3) is 5.91 Å². The van der Waals surface area contributed by atoms with Gasteiger partial charge < -0.3 is 11.1 Å². The molecule has 21 heavy (non-hydrogen) atoms. The van der Waals surface area contributed by atoms with E-state index < -0.39 is 0 Å². The summed E-state index contributed by atoms with van der Waals surface area (Å²) in [4.78, 5) is 20.7. The van der Waals surface area contributed by atoms with Crippen LogP contribution in [0.3, 0.4) is 0 Å². The van der Waals surface area contributed by atoms with Crippen LogP contribution in [0.2, 0.25) is 0 Å². The first-order valence-electron chi connectivity index (χ1n) is 6.52. The molecule has 5 heteroatoms. The molecule has 2 aromatic heterocycles. The number of hydrogen-bond acceptors (Lipinski definition) is 4. The molecule has 0 fully saturated rings. The summed E-state index contributed by atoms with van der Waals surface area (Å²) in [6.07, 6.45) is 3.25. The number of amides is 1. The number of anilines is 2. The largest absolute Gasteiger partial charge is 0.397 e. The number of pyridine rings is 2. The molecule has 5 nitrogen and oxygen atoms in total. The van der Waals surface area contributed by atoms with Crippen molar-refractivity contribution in [1.82, 2.24) is 9.97 Å². The maximum atomic E-state index is 12.3. The first-order chi connectivity index (χ1) is 10.1. The fourth-order valence-corrected chi connectivity index (χ4v) is 2.12. The van der Waals surface area contributed by atoms with Crippen LogP contribution in [0.15, 0.2) is 48.8 Å². The van der Waals surface area contributed by atoms with E-state index in [2.05, 4.69) is 15.3 Å². The van der Waals surface area contributed by atoms with Crippen molar-refractivity contribution in [3.05, 3.63) is 59.9 Å². The Kier molecular flexibility index (Phi) is 3.23. The Morgan fingerprint density at radius 2 is 2.05 bits per heavy atom. The summed E-state index contributed by atoms with van der Waals surface area (Å²) in [5.74, 6) is 0.307. The lowest BCUT2D eigenvalue weighted by Gasteiger charge is -2.08. The maximum absolute atomic E-state index is 12.3. The van der Waals surface area contributed by atoms with Gasteiger partial charge in [-0.1, -0.05) is 6.07 Å². The van der Waals surface area contributed by atoms with Crippen LogP contribution in [0.25, 0.3) is 10.9 Å². The highest BCUT2D eigenvalue weighted by molar-refractivity contribution is 6.06. The van der Waals surface area contributed by atoms with E-state index in [0.717, 1.165) is 16.5 Å². The summed E-state index contributed by atoms with van der Waals surface area (Å²) in [5, 5.41) is 3.72. The molecule has 0 bridgehead atoms. The number of carbonyl (C=O) groups excluding carboxylic acids is 1. The van der Waals surface area contributed by atoms with Gasteiger partial charge in [-0.05, 0) is 42.8 Å². The minimum atomic E-state index is -0.207. The van der Waals surface area contributed by atoms with E-state index in [0.29, 0.717) is 17.1 Å². The summed E-state index contributed by atoms with van der Waals surface area (Å²) >= 11 is 0. The van der Waals surface area contributed by atoms with Crippen molar-refractivity contribution < 1.29 is 4.79 Å². The zero-order valence-electron chi connectivity index (χ0n) is 11.5. The van der Waals surface area contributed by atoms with E-state index in [1.807, 2.05) is 31.2 Å². The number of nitrogens with one attached hydrogen (secondary N) is 1. The minimum Gasteiger partial charge on any atom is -0.397 e. The highest BCUT2D eigenvalue weighted by Crippen LogP contribution is 2.17. The second-order valence-electron chi connectivity index (χ2n) is 4.80. The normalized spacial score (nSPS) is 10.5. The molecule has 3 rings (SSSR count). The second kappa shape index (κ2) is 5.20. The molecular formula is C16H14N4O. The fraction of sp³-hybridized carbons (Fsp3) is 0.0625. The van der Waals surface area contributed by atoms with Gasteiger partial charge in [0.05, 0.1) is 17.4 Å². The zero-order valence-corrected chi connectivity index (χ0v) is 11.5. The van der Waals surface area contributed by atoms with Gasteiger partial charge in [-0.3, -0.25) is 9.78 Å². The molecule has 0 aliphatic rings. The number of hydrogen-bond donors (Lipinski definition) is 2. The Morgan fingerprint density at radius 1 is 1.19 bits per heavy atom. The van der Waals surface area contributed by atoms with Gasteiger partial charge in [-0.2, -0.15) is 0 Å². The number of carbonyl (C=O) groups is 1. The van der Waals surface area contributed by atoms with Crippen molar-refractivity contribution in [1.29, 1.82) is 0 Å². The standard InChI is InChI=1S/C16H14N4O/c1-10-7-13(17)9-19-15(10)20-16(21)12-4-5-14-11(8-12)3-2-6-18-14/h2-9H,17H2,1H3,(H,19,20,21). The Bertz CT molecular complexity index is 829. The average Bonchev–Trinajstić information content (AvgIpc) is 2.49. The molecule has 1 amide bonds. The Morgan fingerprint density at radius 3 is 2.86 bits per heavy atom. The van der Waals surface area contributed by atoms with E-state index in [4.69, 9.17) is 5.73 Å². The summed E-state index contributed by atoms with van der Waals surface area (Å²) in [5.41, 5.74) is 8.47. The van der Waals surface area contributed by atoms with Crippen LogP contribution in [0, 0.1) is 6.92 Å². The maximum Gasteiger partial charge on any atom is 0.256 e. The van der Waals surface area contributed by atoms with Gasteiger partial charge in [-0.15, -0.1) is 0 Å². The number of aryl methyl sites for hydroxylation is 1. The molecule has 0 unspecified atom stereocenters. The predicted octanol–water partition coefficient (Wildman–Crippen LogP) is 2.77. The quantitative estimate of drug-likeness (QED) is 0.755. The van der Waals surface area contributed by atoms with Gasteiger partial charge in [0, 0.05) is 17.1 Å². The van der Waals surface area contributed by atoms with Gasteiger partial charge in [0.1, 0.15) is 5.82 Å². The molecule has 3 N–H and O–H groups in total. The van der Waals surface area contributed by atoms with Gasteiger partial charge in [0.15, 0.2) is 0 Å². The molecule has 0 aliphatic carbocycles. The molecule has 3 aromatic rings. The lowest BCUT2D eigenvalue weighted by molar-refractivity contribution is 0.102. The zero-order chi connectivity index (χ0) is 14.8. The van der Waals surface area contributed by atoms with Gasteiger partial charge >= 0.3 is 0 Å². The summed E-state index contributed by atoms with van der Waals surface area (Å²) < 4.78 is 0. The van der Waals surface area contributed by atoms with E-state index in [9.17, 15) is 4.79 Å². The van der Waals surface area contributed by atoms with Gasteiger partial charge in [-0.25, -0.2) is 4.98 Å². The summed E-state index contributed by atoms with van der Waals surface area (Å²) in [7, 11) is 0. The van der Waals surface area contributed by atoms with Crippen LogP contribution in [0.1, 0.15) is 15.9 Å². The van der Waals surface area contributed by atoms with Crippen LogP contribution >= 0.6 is 0 Å². The van der Waals surface area contributed by atoms with E-state index in [1.54, 1.807) is 18.3 Å². The van der Waals surface area contributed by atoms with E-state index >= 15 is 0 Å². The molecule has 0 saturated carbocycles. The third-order valence-electron chi connectivity index (χ3n) is 3.20. The smallest absolute Gasteiger partial charge is 0.256 e. The topological polar surface area (TPSA) is 80.9 Å². The highest BCUT2D eigenvalue weighted by atomic mass is 16.1. The molecule has 0 spiro atoms. The van der Waals surface area contributed by atoms with Crippen LogP contribution in [-0.4, -0.2) is 15.9 Å². The van der Waals surface area contributed by atoms with Gasteiger partial charge in [0.2, 0.25) is 0 Å². The lowest BCUT2D eigenvalue weighted by Crippen LogP contribution is -2.14. The fourth-order valence-electron chi connectivity index (χ4n) is 2.12. The number of nitrogens with two attached hydrogens (primary N) is 1. The SMILES string of the molecule is Cc1cc(N)cnc1NC(=O)c1ccc2ncccc2c1. The first-order valence-corrected chi connectivity index (χ1v) is 6.52. The van der Waals surface area contributed by atoms with E-state index in [1.165, 1.54) is 6.20 Å². The number of nitrogens with zero attached hydrogens (tertiary/aromatic N) is 2. The number of aromatic nitrogens is 2. The summed E-state index contributed by atoms with van der Waals surface area (Å²) in [6, 6.07) is 10.9. The molecule has 0 saturated heterocycles. The molecule has 104 valence electrons. The monoisotopic (exact) mass is 278 g/mol. The van der Waals surface area contributed by atoms with Crippen molar-refractivity contribution in [3.8, 4) is 0 Å². The van der Waals surface area contributed by atoms with Crippen LogP contribution in [-0.2, 0) is 0 Å². The second-order valence-corrected chi connectivity index (χ2v) is 4.80. The first kappa shape index (κ1) is 13.1. The predicted molar refractivity (Wildman–Crippen MR) is 83.1 cm³/mol. The molecule has 0 atom stereocenters. The Labute approximate surface area is 121 Å². The van der Waals surface area contributed by atoms with E-state index in [-0.39, 0.29) is 5.91 Å². The van der Waals surface area contributed by atoms with Crippen LogP contribution in [0.4, 0.5) is 11.5 Å². The number of rotatable bonds is 2. The highest BCUT2D eigenvalue weighted by Gasteiger charge is 2.09. The summed E-state index contributed by atoms with van der Waals surface area (Å²) in [6.45, 7) is 1.85. The average molecular weight is 278 g/mol. The minimum absolute atomic E-state index is 0.207.